The number of benzene rings is 1. The first-order valence-corrected chi connectivity index (χ1v) is 4.80. The molecule has 0 atom stereocenters. The lowest BCUT2D eigenvalue weighted by Crippen LogP contribution is -2.40. The van der Waals surface area contributed by atoms with Gasteiger partial charge in [-0.15, -0.1) is 0 Å². The Balaban J connectivity index is 2.77. The van der Waals surface area contributed by atoms with Gasteiger partial charge in [0.05, 0.1) is 5.69 Å². The Morgan fingerprint density at radius 1 is 1.24 bits per heavy atom. The molecule has 0 saturated heterocycles. The zero-order valence-corrected chi connectivity index (χ0v) is 8.99. The maximum absolute atomic E-state index is 11.9. The monoisotopic (exact) mass is 234 g/mol. The van der Waals surface area contributed by atoms with Crippen molar-refractivity contribution in [3.05, 3.63) is 51.3 Å². The molecule has 0 aliphatic rings. The summed E-state index contributed by atoms with van der Waals surface area (Å²) in [4.78, 5) is 27.1. The molecule has 0 fully saturated rings. The standard InChI is InChI=1S/C10H10N4O3/c1-13-8(12-17)11-9(15)14(10(13)16)7-5-3-2-4-6-7/h2-6,17H,1H3,(H,11,12,15). The van der Waals surface area contributed by atoms with Crippen LogP contribution in [0.25, 0.3) is 5.69 Å². The van der Waals surface area contributed by atoms with Gasteiger partial charge < -0.3 is 0 Å². The smallest absolute Gasteiger partial charge is 0.288 e. The lowest BCUT2D eigenvalue weighted by Gasteiger charge is -2.08. The van der Waals surface area contributed by atoms with Crippen molar-refractivity contribution in [2.45, 2.75) is 0 Å². The molecule has 1 aromatic carbocycles. The average molecular weight is 234 g/mol. The van der Waals surface area contributed by atoms with E-state index in [-0.39, 0.29) is 5.95 Å². The lowest BCUT2D eigenvalue weighted by molar-refractivity contribution is 0.375. The van der Waals surface area contributed by atoms with Crippen LogP contribution in [0.1, 0.15) is 0 Å². The van der Waals surface area contributed by atoms with Crippen molar-refractivity contribution in [3.63, 3.8) is 0 Å². The van der Waals surface area contributed by atoms with Crippen LogP contribution < -0.4 is 16.9 Å². The number of nitrogens with one attached hydrogen (secondary N) is 1. The summed E-state index contributed by atoms with van der Waals surface area (Å²) in [6, 6.07) is 8.43. The second-order valence-corrected chi connectivity index (χ2v) is 3.34. The van der Waals surface area contributed by atoms with Crippen LogP contribution in [0.3, 0.4) is 0 Å². The lowest BCUT2D eigenvalue weighted by atomic mass is 10.3. The molecule has 0 saturated carbocycles. The van der Waals surface area contributed by atoms with E-state index in [2.05, 4.69) is 4.98 Å². The first-order valence-electron chi connectivity index (χ1n) is 4.80. The van der Waals surface area contributed by atoms with Crippen molar-refractivity contribution in [2.75, 3.05) is 5.48 Å². The van der Waals surface area contributed by atoms with E-state index in [9.17, 15) is 9.59 Å². The molecule has 7 nitrogen and oxygen atoms in total. The van der Waals surface area contributed by atoms with E-state index in [1.54, 1.807) is 35.8 Å². The van der Waals surface area contributed by atoms with Gasteiger partial charge in [0, 0.05) is 7.05 Å². The van der Waals surface area contributed by atoms with E-state index in [0.29, 0.717) is 5.69 Å². The first-order chi connectivity index (χ1) is 8.15. The quantitative estimate of drug-likeness (QED) is 0.698. The molecule has 1 aromatic heterocycles. The van der Waals surface area contributed by atoms with Crippen LogP contribution in [-0.2, 0) is 7.05 Å². The van der Waals surface area contributed by atoms with Crippen LogP contribution in [0.15, 0.2) is 39.9 Å². The van der Waals surface area contributed by atoms with Crippen LogP contribution in [0.5, 0.6) is 0 Å². The summed E-state index contributed by atoms with van der Waals surface area (Å²) < 4.78 is 1.95. The van der Waals surface area contributed by atoms with Crippen LogP contribution in [-0.4, -0.2) is 19.3 Å². The van der Waals surface area contributed by atoms with Crippen molar-refractivity contribution in [3.8, 4) is 5.69 Å². The third-order valence-corrected chi connectivity index (χ3v) is 2.30. The molecule has 0 aliphatic heterocycles. The highest BCUT2D eigenvalue weighted by Crippen LogP contribution is 2.01. The summed E-state index contributed by atoms with van der Waals surface area (Å²) in [5.41, 5.74) is 0.776. The van der Waals surface area contributed by atoms with Crippen LogP contribution in [0, 0.1) is 0 Å². The van der Waals surface area contributed by atoms with Crippen LogP contribution in [0.4, 0.5) is 5.95 Å². The van der Waals surface area contributed by atoms with Crippen molar-refractivity contribution >= 4 is 5.95 Å². The Kier molecular flexibility index (Phi) is 2.75. The third kappa shape index (κ3) is 1.83. The van der Waals surface area contributed by atoms with Gasteiger partial charge in [-0.2, -0.15) is 4.98 Å². The predicted molar refractivity (Wildman–Crippen MR) is 60.5 cm³/mol. The van der Waals surface area contributed by atoms with Crippen molar-refractivity contribution in [1.82, 2.24) is 14.1 Å². The molecule has 88 valence electrons. The molecule has 2 aromatic rings. The van der Waals surface area contributed by atoms with Gasteiger partial charge >= 0.3 is 11.4 Å². The van der Waals surface area contributed by atoms with E-state index in [0.717, 1.165) is 9.13 Å². The molecule has 0 amide bonds. The Morgan fingerprint density at radius 2 is 1.88 bits per heavy atom. The highest BCUT2D eigenvalue weighted by Gasteiger charge is 2.10. The van der Waals surface area contributed by atoms with Gasteiger partial charge in [0.25, 0.3) is 0 Å². The van der Waals surface area contributed by atoms with E-state index >= 15 is 0 Å². The number of aromatic nitrogens is 3. The molecule has 0 unspecified atom stereocenters. The second kappa shape index (κ2) is 4.22. The largest absolute Gasteiger partial charge is 0.359 e. The zero-order valence-electron chi connectivity index (χ0n) is 8.99. The molecule has 17 heavy (non-hydrogen) atoms. The molecular weight excluding hydrogens is 224 g/mol. The average Bonchev–Trinajstić information content (AvgIpc) is 2.35. The summed E-state index contributed by atoms with van der Waals surface area (Å²) >= 11 is 0. The van der Waals surface area contributed by atoms with Crippen molar-refractivity contribution in [2.24, 2.45) is 7.05 Å². The highest BCUT2D eigenvalue weighted by atomic mass is 16.5. The molecule has 0 bridgehead atoms. The number of rotatable bonds is 2. The zero-order chi connectivity index (χ0) is 12.4. The van der Waals surface area contributed by atoms with Crippen molar-refractivity contribution < 1.29 is 5.21 Å². The maximum atomic E-state index is 11.9. The van der Waals surface area contributed by atoms with Gasteiger partial charge in [-0.3, -0.25) is 9.77 Å². The fourth-order valence-electron chi connectivity index (χ4n) is 1.44. The number of hydrogen-bond acceptors (Lipinski definition) is 5. The first kappa shape index (κ1) is 11.1. The Morgan fingerprint density at radius 3 is 2.47 bits per heavy atom. The summed E-state index contributed by atoms with van der Waals surface area (Å²) in [5.74, 6) is -0.202. The van der Waals surface area contributed by atoms with Crippen molar-refractivity contribution in [1.29, 1.82) is 0 Å². The van der Waals surface area contributed by atoms with Gasteiger partial charge in [0.1, 0.15) is 0 Å². The van der Waals surface area contributed by atoms with Gasteiger partial charge in [0.2, 0.25) is 5.95 Å². The molecule has 0 aliphatic carbocycles. The van der Waals surface area contributed by atoms with Crippen LogP contribution in [0.2, 0.25) is 0 Å². The second-order valence-electron chi connectivity index (χ2n) is 3.34. The molecule has 2 rings (SSSR count). The number of para-hydroxylation sites is 1. The van der Waals surface area contributed by atoms with E-state index in [1.807, 2.05) is 0 Å². The van der Waals surface area contributed by atoms with Gasteiger partial charge in [-0.05, 0) is 12.1 Å². The topological polar surface area (TPSA) is 89.2 Å². The fraction of sp³-hybridized carbons (Fsp3) is 0.100. The van der Waals surface area contributed by atoms with E-state index in [4.69, 9.17) is 5.21 Å². The fourth-order valence-corrected chi connectivity index (χ4v) is 1.44. The number of hydrogen-bond donors (Lipinski definition) is 2. The number of nitrogens with zero attached hydrogens (tertiary/aromatic N) is 3. The Hall–Kier alpha value is -2.41. The Labute approximate surface area is 95.6 Å². The molecule has 0 spiro atoms. The summed E-state index contributed by atoms with van der Waals surface area (Å²) in [5, 5.41) is 8.71. The molecule has 0 radical (unpaired) electrons. The van der Waals surface area contributed by atoms with E-state index < -0.39 is 11.4 Å². The highest BCUT2D eigenvalue weighted by molar-refractivity contribution is 5.31. The minimum absolute atomic E-state index is 0.202. The summed E-state index contributed by atoms with van der Waals surface area (Å²) in [6.45, 7) is 0. The molecule has 2 N–H and O–H groups in total. The van der Waals surface area contributed by atoms with Gasteiger partial charge in [-0.1, -0.05) is 18.2 Å². The third-order valence-electron chi connectivity index (χ3n) is 2.30. The minimum Gasteiger partial charge on any atom is -0.288 e. The normalized spacial score (nSPS) is 10.2. The Bertz CT molecular complexity index is 645. The molecule has 7 heteroatoms. The maximum Gasteiger partial charge on any atom is 0.359 e. The van der Waals surface area contributed by atoms with Gasteiger partial charge in [0.15, 0.2) is 0 Å². The minimum atomic E-state index is -0.754. The number of anilines is 1. The summed E-state index contributed by atoms with van der Waals surface area (Å²) in [6.07, 6.45) is 0. The predicted octanol–water partition coefficient (Wildman–Crippen LogP) is -0.268. The summed E-state index contributed by atoms with van der Waals surface area (Å²) in [7, 11) is 1.40. The van der Waals surface area contributed by atoms with Gasteiger partial charge in [-0.25, -0.2) is 19.6 Å². The molecular formula is C10H10N4O3. The van der Waals surface area contributed by atoms with Crippen LogP contribution >= 0.6 is 0 Å². The SMILES string of the molecule is Cn1c(NO)nc(=O)n(-c2ccccc2)c1=O. The van der Waals surface area contributed by atoms with E-state index in [1.165, 1.54) is 7.05 Å². The molecule has 1 heterocycles.